The van der Waals surface area contributed by atoms with Gasteiger partial charge in [-0.3, -0.25) is 4.90 Å². The number of halogens is 1. The largest absolute Gasteiger partial charge is 0.459 e. The maximum atomic E-state index is 14.0. The molecule has 1 saturated carbocycles. The monoisotopic (exact) mass is 795 g/mol. The zero-order valence-corrected chi connectivity index (χ0v) is 33.5. The van der Waals surface area contributed by atoms with E-state index in [1.807, 2.05) is 56.3 Å². The predicted octanol–water partition coefficient (Wildman–Crippen LogP) is 7.72. The van der Waals surface area contributed by atoms with Crippen molar-refractivity contribution in [3.05, 3.63) is 84.0 Å². The number of allylic oxidation sites excluding steroid dienone is 1. The van der Waals surface area contributed by atoms with Gasteiger partial charge in [0.2, 0.25) is 5.79 Å². The number of hydrogen-bond donors (Lipinski definition) is 3. The molecule has 13 heteroatoms. The number of alkyl halides is 1. The van der Waals surface area contributed by atoms with Crippen molar-refractivity contribution < 1.29 is 43.6 Å². The van der Waals surface area contributed by atoms with Crippen molar-refractivity contribution in [2.24, 2.45) is 22.9 Å². The van der Waals surface area contributed by atoms with Crippen LogP contribution in [0.1, 0.15) is 82.3 Å². The first kappa shape index (κ1) is 43.0. The highest BCUT2D eigenvalue weighted by Gasteiger charge is 2.65. The van der Waals surface area contributed by atoms with E-state index in [9.17, 15) is 19.8 Å². The number of ether oxygens (including phenoxy) is 4. The number of aliphatic hydroxyl groups excluding tert-OH is 2. The molecule has 1 aliphatic heterocycles. The lowest BCUT2D eigenvalue weighted by molar-refractivity contribution is -0.255. The van der Waals surface area contributed by atoms with E-state index in [4.69, 9.17) is 40.5 Å². The number of aliphatic hydroxyl groups is 2. The fourth-order valence-electron chi connectivity index (χ4n) is 8.59. The maximum Gasteiger partial charge on any atom is 0.412 e. The third-order valence-corrected chi connectivity index (χ3v) is 11.0. The molecule has 1 heterocycles. The lowest BCUT2D eigenvalue weighted by Crippen LogP contribution is -2.70. The van der Waals surface area contributed by atoms with E-state index in [0.29, 0.717) is 56.2 Å². The van der Waals surface area contributed by atoms with Crippen LogP contribution in [-0.4, -0.2) is 90.3 Å². The van der Waals surface area contributed by atoms with Gasteiger partial charge in [0, 0.05) is 44.2 Å². The molecule has 5 rings (SSSR count). The molecular formula is C43H58ClN3O9. The molecule has 0 spiro atoms. The van der Waals surface area contributed by atoms with Gasteiger partial charge in [-0.1, -0.05) is 67.4 Å². The number of rotatable bonds is 21. The zero-order valence-electron chi connectivity index (χ0n) is 32.7. The molecule has 3 aliphatic rings. The van der Waals surface area contributed by atoms with Crippen LogP contribution in [0.25, 0.3) is 0 Å². The van der Waals surface area contributed by atoms with E-state index in [1.54, 1.807) is 17.0 Å². The van der Waals surface area contributed by atoms with Crippen LogP contribution in [0.5, 0.6) is 11.5 Å². The van der Waals surface area contributed by atoms with Crippen molar-refractivity contribution in [1.29, 1.82) is 0 Å². The summed E-state index contributed by atoms with van der Waals surface area (Å²) >= 11 is 5.97. The number of carbonyl (C=O) groups excluding carboxylic acids is 2. The number of benzene rings is 2. The summed E-state index contributed by atoms with van der Waals surface area (Å²) in [6.07, 6.45) is 8.20. The number of nitrogens with one attached hydrogen (secondary N) is 1. The topological polar surface area (TPSA) is 148 Å². The molecule has 2 aromatic rings. The Hall–Kier alpha value is -4.10. The van der Waals surface area contributed by atoms with Crippen LogP contribution in [0.15, 0.2) is 78.0 Å². The van der Waals surface area contributed by atoms with Crippen molar-refractivity contribution in [2.75, 3.05) is 45.5 Å². The van der Waals surface area contributed by atoms with Crippen LogP contribution in [0.2, 0.25) is 0 Å². The maximum absolute atomic E-state index is 14.0. The van der Waals surface area contributed by atoms with E-state index in [2.05, 4.69) is 18.0 Å². The Morgan fingerprint density at radius 1 is 1.09 bits per heavy atom. The molecule has 2 amide bonds. The Morgan fingerprint density at radius 2 is 1.86 bits per heavy atom. The molecule has 0 unspecified atom stereocenters. The molecule has 2 aromatic carbocycles. The van der Waals surface area contributed by atoms with Crippen molar-refractivity contribution in [3.63, 3.8) is 0 Å². The van der Waals surface area contributed by atoms with Gasteiger partial charge in [0.25, 0.3) is 0 Å². The van der Waals surface area contributed by atoms with E-state index >= 15 is 0 Å². The molecule has 6 atom stereocenters. The quantitative estimate of drug-likeness (QED) is 0.0500. The number of amides is 2. The van der Waals surface area contributed by atoms with Crippen LogP contribution in [0.3, 0.4) is 0 Å². The zero-order chi connectivity index (χ0) is 39.9. The SMILES string of the molecule is C=CCO[C@@]12Oc3ccc(OC(=O)NCc4ccccc4)cc3[C@H]3[C@H](CCCCO)[C@@H](CCCCO)C=C(C(=NOCC)C[C@@H]1N(CCC)C(=O)OCCCl)[C@H]32. The minimum atomic E-state index is -1.42. The Labute approximate surface area is 335 Å². The van der Waals surface area contributed by atoms with Gasteiger partial charge in [0.1, 0.15) is 30.8 Å². The van der Waals surface area contributed by atoms with Gasteiger partial charge in [0.05, 0.1) is 24.1 Å². The van der Waals surface area contributed by atoms with Gasteiger partial charge in [-0.2, -0.15) is 0 Å². The second-order valence-corrected chi connectivity index (χ2v) is 14.8. The molecule has 0 radical (unpaired) electrons. The minimum absolute atomic E-state index is 0.0143. The van der Waals surface area contributed by atoms with Gasteiger partial charge in [-0.15, -0.1) is 18.2 Å². The summed E-state index contributed by atoms with van der Waals surface area (Å²) in [5.74, 6) is -1.06. The highest BCUT2D eigenvalue weighted by atomic mass is 35.5. The molecule has 56 heavy (non-hydrogen) atoms. The molecule has 0 aromatic heterocycles. The second kappa shape index (κ2) is 21.4. The van der Waals surface area contributed by atoms with E-state index in [0.717, 1.165) is 42.4 Å². The van der Waals surface area contributed by atoms with Gasteiger partial charge >= 0.3 is 12.2 Å². The third kappa shape index (κ3) is 10.1. The van der Waals surface area contributed by atoms with Gasteiger partial charge < -0.3 is 39.3 Å². The smallest absolute Gasteiger partial charge is 0.412 e. The summed E-state index contributed by atoms with van der Waals surface area (Å²) in [4.78, 5) is 34.5. The average molecular weight is 796 g/mol. The summed E-state index contributed by atoms with van der Waals surface area (Å²) in [6, 6.07) is 14.3. The standard InChI is InChI=1S/C43H58ClN3O9/c1-4-21-47(42(51)52-25-20-44)38-28-36(46-54-6-3)34-26-31(16-10-12-22-48)33(17-11-13-23-49)39-35-27-32(55-41(50)45-29-30-14-8-7-9-15-30)18-19-37(35)56-43(38,40(34)39)53-24-5-2/h5,7-9,14-15,18-19,26-27,31,33,38-40,48-49H,2,4,6,10-13,16-17,20-25,28-29H2,1,3H3,(H,45,50)/t31-,33+,38-,39+,40+,43+/m0/s1. The van der Waals surface area contributed by atoms with E-state index < -0.39 is 29.9 Å². The summed E-state index contributed by atoms with van der Waals surface area (Å²) in [6.45, 7) is 9.19. The van der Waals surface area contributed by atoms with Crippen LogP contribution in [0, 0.1) is 17.8 Å². The Morgan fingerprint density at radius 3 is 2.55 bits per heavy atom. The lowest BCUT2D eigenvalue weighted by Gasteiger charge is -2.59. The lowest BCUT2D eigenvalue weighted by atomic mass is 9.55. The first-order valence-corrected chi connectivity index (χ1v) is 20.6. The van der Waals surface area contributed by atoms with Crippen molar-refractivity contribution >= 4 is 29.5 Å². The number of carbonyl (C=O) groups is 2. The van der Waals surface area contributed by atoms with E-state index in [1.165, 1.54) is 0 Å². The summed E-state index contributed by atoms with van der Waals surface area (Å²) in [7, 11) is 0. The molecule has 3 N–H and O–H groups in total. The van der Waals surface area contributed by atoms with Crippen LogP contribution >= 0.6 is 11.6 Å². The molecule has 306 valence electrons. The molecule has 12 nitrogen and oxygen atoms in total. The summed E-state index contributed by atoms with van der Waals surface area (Å²) in [5, 5.41) is 27.2. The van der Waals surface area contributed by atoms with Crippen molar-refractivity contribution in [2.45, 2.75) is 89.5 Å². The van der Waals surface area contributed by atoms with Crippen LogP contribution in [0.4, 0.5) is 9.59 Å². The fourth-order valence-corrected chi connectivity index (χ4v) is 8.67. The Bertz CT molecular complexity index is 1660. The number of unbranched alkanes of at least 4 members (excludes halogenated alkanes) is 2. The first-order valence-electron chi connectivity index (χ1n) is 20.0. The van der Waals surface area contributed by atoms with Crippen molar-refractivity contribution in [3.8, 4) is 11.5 Å². The molecule has 2 aliphatic carbocycles. The molecule has 1 fully saturated rings. The molecular weight excluding hydrogens is 738 g/mol. The number of nitrogens with zero attached hydrogens (tertiary/aromatic N) is 2. The average Bonchev–Trinajstić information content (AvgIpc) is 3.21. The number of hydrogen-bond acceptors (Lipinski definition) is 10. The fraction of sp³-hybridized carbons (Fsp3) is 0.558. The number of oxime groups is 1. The minimum Gasteiger partial charge on any atom is -0.459 e. The van der Waals surface area contributed by atoms with Gasteiger partial charge in [0.15, 0.2) is 0 Å². The van der Waals surface area contributed by atoms with Gasteiger partial charge in [-0.05, 0) is 80.2 Å². The van der Waals surface area contributed by atoms with Crippen LogP contribution < -0.4 is 14.8 Å². The Balaban J connectivity index is 1.69. The van der Waals surface area contributed by atoms with Gasteiger partial charge in [-0.25, -0.2) is 9.59 Å². The molecule has 0 saturated heterocycles. The normalized spacial score (nSPS) is 24.2. The first-order chi connectivity index (χ1) is 27.3. The highest BCUT2D eigenvalue weighted by Crippen LogP contribution is 2.62. The summed E-state index contributed by atoms with van der Waals surface area (Å²) in [5.41, 5.74) is 3.39. The molecule has 0 bridgehead atoms. The Kier molecular flexibility index (Phi) is 16.5. The highest BCUT2D eigenvalue weighted by molar-refractivity contribution is 6.18. The van der Waals surface area contributed by atoms with Crippen LogP contribution in [-0.2, 0) is 20.9 Å². The second-order valence-electron chi connectivity index (χ2n) is 14.4. The predicted molar refractivity (Wildman–Crippen MR) is 215 cm³/mol. The summed E-state index contributed by atoms with van der Waals surface area (Å²) < 4.78 is 25.6. The van der Waals surface area contributed by atoms with E-state index in [-0.39, 0.29) is 56.5 Å². The number of fused-ring (bicyclic) bond motifs is 2. The van der Waals surface area contributed by atoms with Crippen molar-refractivity contribution in [1.82, 2.24) is 10.2 Å². The third-order valence-electron chi connectivity index (χ3n) is 10.8.